The standard InChI is InChI=1S/C18H21N3O/c1-14-5-4-6-16(11-14)18(22)20-13-15-7-8-17(19-12-15)21-9-2-3-10-21/h4-8,11-12H,2-3,9-10,13H2,1H3,(H,20,22). The number of nitrogens with zero attached hydrogens (tertiary/aromatic N) is 2. The number of aromatic nitrogens is 1. The molecule has 2 aromatic rings. The van der Waals surface area contributed by atoms with Crippen molar-refractivity contribution in [2.24, 2.45) is 0 Å². The van der Waals surface area contributed by atoms with Crippen LogP contribution in [0.25, 0.3) is 0 Å². The van der Waals surface area contributed by atoms with Crippen LogP contribution in [-0.4, -0.2) is 24.0 Å². The normalized spacial score (nSPS) is 14.1. The van der Waals surface area contributed by atoms with Gasteiger partial charge in [0.05, 0.1) is 0 Å². The van der Waals surface area contributed by atoms with Crippen LogP contribution in [0.4, 0.5) is 5.82 Å². The fraction of sp³-hybridized carbons (Fsp3) is 0.333. The second-order valence-corrected chi connectivity index (χ2v) is 5.77. The van der Waals surface area contributed by atoms with E-state index in [0.29, 0.717) is 12.1 Å². The molecule has 0 aliphatic carbocycles. The molecule has 0 bridgehead atoms. The first kappa shape index (κ1) is 14.6. The Balaban J connectivity index is 1.58. The number of carbonyl (C=O) groups excluding carboxylic acids is 1. The van der Waals surface area contributed by atoms with Crippen molar-refractivity contribution in [3.8, 4) is 0 Å². The highest BCUT2D eigenvalue weighted by atomic mass is 16.1. The first-order chi connectivity index (χ1) is 10.7. The monoisotopic (exact) mass is 295 g/mol. The molecule has 4 nitrogen and oxygen atoms in total. The molecule has 1 aromatic carbocycles. The minimum absolute atomic E-state index is 0.0488. The lowest BCUT2D eigenvalue weighted by Crippen LogP contribution is -2.23. The number of carbonyl (C=O) groups is 1. The zero-order chi connectivity index (χ0) is 15.4. The van der Waals surface area contributed by atoms with Crippen LogP contribution in [0.1, 0.15) is 34.3 Å². The molecule has 1 aliphatic heterocycles. The summed E-state index contributed by atoms with van der Waals surface area (Å²) < 4.78 is 0. The van der Waals surface area contributed by atoms with Gasteiger partial charge in [0.25, 0.3) is 5.91 Å². The van der Waals surface area contributed by atoms with Gasteiger partial charge in [0.1, 0.15) is 5.82 Å². The molecule has 3 rings (SSSR count). The molecule has 0 spiro atoms. The molecule has 22 heavy (non-hydrogen) atoms. The van der Waals surface area contributed by atoms with Gasteiger partial charge in [-0.1, -0.05) is 23.8 Å². The smallest absolute Gasteiger partial charge is 0.251 e. The fourth-order valence-corrected chi connectivity index (χ4v) is 2.73. The van der Waals surface area contributed by atoms with Gasteiger partial charge < -0.3 is 10.2 Å². The van der Waals surface area contributed by atoms with E-state index in [1.54, 1.807) is 0 Å². The third-order valence-electron chi connectivity index (χ3n) is 3.97. The van der Waals surface area contributed by atoms with E-state index in [-0.39, 0.29) is 5.91 Å². The van der Waals surface area contributed by atoms with Crippen molar-refractivity contribution in [1.29, 1.82) is 0 Å². The van der Waals surface area contributed by atoms with E-state index in [9.17, 15) is 4.79 Å². The number of pyridine rings is 1. The van der Waals surface area contributed by atoms with E-state index < -0.39 is 0 Å². The maximum absolute atomic E-state index is 12.1. The predicted molar refractivity (Wildman–Crippen MR) is 88.0 cm³/mol. The quantitative estimate of drug-likeness (QED) is 0.943. The van der Waals surface area contributed by atoms with Crippen LogP contribution in [0.15, 0.2) is 42.6 Å². The number of anilines is 1. The molecule has 0 unspecified atom stereocenters. The van der Waals surface area contributed by atoms with Crippen LogP contribution >= 0.6 is 0 Å². The molecular formula is C18H21N3O. The van der Waals surface area contributed by atoms with Gasteiger partial charge in [0.2, 0.25) is 0 Å². The summed E-state index contributed by atoms with van der Waals surface area (Å²) in [5.74, 6) is 0.985. The van der Waals surface area contributed by atoms with Crippen LogP contribution in [-0.2, 0) is 6.54 Å². The summed E-state index contributed by atoms with van der Waals surface area (Å²) in [7, 11) is 0. The Labute approximate surface area is 131 Å². The molecule has 1 aromatic heterocycles. The molecule has 114 valence electrons. The number of aryl methyl sites for hydroxylation is 1. The van der Waals surface area contributed by atoms with E-state index >= 15 is 0 Å². The Kier molecular flexibility index (Phi) is 4.37. The first-order valence-corrected chi connectivity index (χ1v) is 7.77. The highest BCUT2D eigenvalue weighted by molar-refractivity contribution is 5.94. The highest BCUT2D eigenvalue weighted by Gasteiger charge is 2.13. The van der Waals surface area contributed by atoms with Gasteiger partial charge in [-0.3, -0.25) is 4.79 Å². The van der Waals surface area contributed by atoms with Crippen molar-refractivity contribution < 1.29 is 4.79 Å². The summed E-state index contributed by atoms with van der Waals surface area (Å²) in [5, 5.41) is 2.94. The Hall–Kier alpha value is -2.36. The van der Waals surface area contributed by atoms with Crippen molar-refractivity contribution >= 4 is 11.7 Å². The largest absolute Gasteiger partial charge is 0.357 e. The Morgan fingerprint density at radius 1 is 1.23 bits per heavy atom. The predicted octanol–water partition coefficient (Wildman–Crippen LogP) is 2.92. The number of amides is 1. The number of hydrogen-bond acceptors (Lipinski definition) is 3. The first-order valence-electron chi connectivity index (χ1n) is 7.77. The van der Waals surface area contributed by atoms with Gasteiger partial charge in [0.15, 0.2) is 0 Å². The molecular weight excluding hydrogens is 274 g/mol. The average Bonchev–Trinajstić information content (AvgIpc) is 3.07. The van der Waals surface area contributed by atoms with Crippen LogP contribution in [0.5, 0.6) is 0 Å². The van der Waals surface area contributed by atoms with Crippen molar-refractivity contribution in [1.82, 2.24) is 10.3 Å². The van der Waals surface area contributed by atoms with Gasteiger partial charge in [-0.2, -0.15) is 0 Å². The van der Waals surface area contributed by atoms with Crippen LogP contribution in [0.2, 0.25) is 0 Å². The number of benzene rings is 1. The second kappa shape index (κ2) is 6.60. The minimum atomic E-state index is -0.0488. The lowest BCUT2D eigenvalue weighted by Gasteiger charge is -2.16. The minimum Gasteiger partial charge on any atom is -0.357 e. The van der Waals surface area contributed by atoms with Gasteiger partial charge in [-0.25, -0.2) is 4.98 Å². The Morgan fingerprint density at radius 2 is 2.05 bits per heavy atom. The van der Waals surface area contributed by atoms with Gasteiger partial charge in [0, 0.05) is 31.4 Å². The summed E-state index contributed by atoms with van der Waals surface area (Å²) >= 11 is 0. The fourth-order valence-electron chi connectivity index (χ4n) is 2.73. The lowest BCUT2D eigenvalue weighted by atomic mass is 10.1. The summed E-state index contributed by atoms with van der Waals surface area (Å²) in [6.45, 7) is 4.67. The van der Waals surface area contributed by atoms with E-state index in [1.165, 1.54) is 12.8 Å². The summed E-state index contributed by atoms with van der Waals surface area (Å²) in [6, 6.07) is 11.7. The van der Waals surface area contributed by atoms with Crippen molar-refractivity contribution in [3.05, 3.63) is 59.3 Å². The van der Waals surface area contributed by atoms with Crippen LogP contribution in [0, 0.1) is 6.92 Å². The van der Waals surface area contributed by atoms with E-state index in [2.05, 4.69) is 15.2 Å². The number of rotatable bonds is 4. The SMILES string of the molecule is Cc1cccc(C(=O)NCc2ccc(N3CCCC3)nc2)c1. The van der Waals surface area contributed by atoms with Crippen molar-refractivity contribution in [2.75, 3.05) is 18.0 Å². The Bertz CT molecular complexity index is 646. The average molecular weight is 295 g/mol. The molecule has 1 saturated heterocycles. The second-order valence-electron chi connectivity index (χ2n) is 5.77. The molecule has 1 aliphatic rings. The maximum Gasteiger partial charge on any atom is 0.251 e. The molecule has 1 N–H and O–H groups in total. The topological polar surface area (TPSA) is 45.2 Å². The van der Waals surface area contributed by atoms with Gasteiger partial charge in [-0.15, -0.1) is 0 Å². The summed E-state index contributed by atoms with van der Waals surface area (Å²) in [6.07, 6.45) is 4.34. The van der Waals surface area contributed by atoms with E-state index in [0.717, 1.165) is 30.0 Å². The molecule has 0 atom stereocenters. The third-order valence-corrected chi connectivity index (χ3v) is 3.97. The van der Waals surface area contributed by atoms with Crippen molar-refractivity contribution in [3.63, 3.8) is 0 Å². The van der Waals surface area contributed by atoms with Gasteiger partial charge >= 0.3 is 0 Å². The summed E-state index contributed by atoms with van der Waals surface area (Å²) in [4.78, 5) is 18.9. The number of hydrogen-bond donors (Lipinski definition) is 1. The van der Waals surface area contributed by atoms with Gasteiger partial charge in [-0.05, 0) is 43.5 Å². The molecule has 2 heterocycles. The molecule has 0 saturated carbocycles. The molecule has 0 radical (unpaired) electrons. The van der Waals surface area contributed by atoms with Crippen LogP contribution < -0.4 is 10.2 Å². The molecule has 1 fully saturated rings. The number of nitrogens with one attached hydrogen (secondary N) is 1. The Morgan fingerprint density at radius 3 is 2.73 bits per heavy atom. The van der Waals surface area contributed by atoms with Crippen molar-refractivity contribution in [2.45, 2.75) is 26.3 Å². The van der Waals surface area contributed by atoms with Crippen LogP contribution in [0.3, 0.4) is 0 Å². The maximum atomic E-state index is 12.1. The third kappa shape index (κ3) is 3.45. The molecule has 1 amide bonds. The molecule has 4 heteroatoms. The zero-order valence-corrected chi connectivity index (χ0v) is 12.9. The highest BCUT2D eigenvalue weighted by Crippen LogP contribution is 2.17. The lowest BCUT2D eigenvalue weighted by molar-refractivity contribution is 0.0951. The van der Waals surface area contributed by atoms with E-state index in [1.807, 2.05) is 49.5 Å². The zero-order valence-electron chi connectivity index (χ0n) is 12.9. The summed E-state index contributed by atoms with van der Waals surface area (Å²) in [5.41, 5.74) is 2.80. The van der Waals surface area contributed by atoms with E-state index in [4.69, 9.17) is 0 Å².